The summed E-state index contributed by atoms with van der Waals surface area (Å²) in [6.45, 7) is 7.23. The van der Waals surface area contributed by atoms with Crippen molar-refractivity contribution in [1.29, 1.82) is 0 Å². The second kappa shape index (κ2) is 8.47. The van der Waals surface area contributed by atoms with Gasteiger partial charge in [0.05, 0.1) is 6.20 Å². The Balaban J connectivity index is 1.54. The Labute approximate surface area is 175 Å². The van der Waals surface area contributed by atoms with Crippen LogP contribution in [0, 0.1) is 13.8 Å². The number of benzene rings is 1. The van der Waals surface area contributed by atoms with Crippen LogP contribution >= 0.6 is 11.8 Å². The van der Waals surface area contributed by atoms with Crippen LogP contribution in [0.3, 0.4) is 0 Å². The molecule has 1 aliphatic rings. The number of hydrogen-bond acceptors (Lipinski definition) is 4. The summed E-state index contributed by atoms with van der Waals surface area (Å²) >= 11 is 2.01. The maximum absolute atomic E-state index is 13.1. The van der Waals surface area contributed by atoms with E-state index in [0.29, 0.717) is 5.56 Å². The molecular weight excluding hydrogens is 382 g/mol. The lowest BCUT2D eigenvalue weighted by atomic mass is 10.1. The van der Waals surface area contributed by atoms with Gasteiger partial charge in [-0.15, -0.1) is 0 Å². The molecule has 0 aliphatic carbocycles. The molecule has 1 aliphatic heterocycles. The third kappa shape index (κ3) is 4.26. The van der Waals surface area contributed by atoms with E-state index in [2.05, 4.69) is 32.0 Å². The molecule has 0 spiro atoms. The van der Waals surface area contributed by atoms with Crippen LogP contribution in [0.25, 0.3) is 5.82 Å². The number of nitrogens with one attached hydrogen (secondary N) is 1. The van der Waals surface area contributed by atoms with E-state index >= 15 is 0 Å². The van der Waals surface area contributed by atoms with Crippen molar-refractivity contribution in [2.75, 3.05) is 29.9 Å². The number of thioether (sulfide) groups is 1. The van der Waals surface area contributed by atoms with Crippen molar-refractivity contribution in [2.24, 2.45) is 7.05 Å². The molecule has 1 amide bonds. The topological polar surface area (TPSA) is 55.1 Å². The zero-order valence-electron chi connectivity index (χ0n) is 17.2. The van der Waals surface area contributed by atoms with Crippen LogP contribution in [0.4, 0.5) is 5.69 Å². The van der Waals surface area contributed by atoms with Gasteiger partial charge in [0, 0.05) is 55.3 Å². The zero-order valence-corrected chi connectivity index (χ0v) is 18.0. The van der Waals surface area contributed by atoms with Crippen LogP contribution in [0.2, 0.25) is 0 Å². The summed E-state index contributed by atoms with van der Waals surface area (Å²) in [5, 5.41) is 7.40. The molecule has 2 aromatic heterocycles. The molecular formula is C22H27N5OS. The van der Waals surface area contributed by atoms with E-state index in [9.17, 15) is 4.79 Å². The van der Waals surface area contributed by atoms with Gasteiger partial charge in [0.1, 0.15) is 11.4 Å². The number of hydrogen-bond donors (Lipinski definition) is 1. The second-order valence-corrected chi connectivity index (χ2v) is 8.72. The summed E-state index contributed by atoms with van der Waals surface area (Å²) in [5.41, 5.74) is 4.74. The first kappa shape index (κ1) is 19.8. The van der Waals surface area contributed by atoms with Gasteiger partial charge in [-0.1, -0.05) is 12.1 Å². The number of nitrogens with zero attached hydrogens (tertiary/aromatic N) is 4. The quantitative estimate of drug-likeness (QED) is 0.699. The van der Waals surface area contributed by atoms with Crippen molar-refractivity contribution >= 4 is 23.4 Å². The van der Waals surface area contributed by atoms with Crippen molar-refractivity contribution in [2.45, 2.75) is 20.4 Å². The minimum absolute atomic E-state index is 0.146. The molecule has 1 saturated heterocycles. The molecule has 0 atom stereocenters. The minimum atomic E-state index is -0.146. The Bertz CT molecular complexity index is 997. The molecule has 152 valence electrons. The van der Waals surface area contributed by atoms with E-state index in [0.717, 1.165) is 42.5 Å². The minimum Gasteiger partial charge on any atom is -0.322 e. The third-order valence-electron chi connectivity index (χ3n) is 5.33. The van der Waals surface area contributed by atoms with Crippen LogP contribution < -0.4 is 5.32 Å². The fourth-order valence-corrected chi connectivity index (χ4v) is 4.80. The van der Waals surface area contributed by atoms with Gasteiger partial charge < -0.3 is 9.88 Å². The standard InChI is InChI=1S/C22H27N5OS/c1-16-7-8-17(2)27(16)22-20(14-23-25(22)3)21(28)24-19-6-4-5-18(13-19)15-26-9-11-29-12-10-26/h4-8,13-14H,9-12,15H2,1-3H3,(H,24,28). The molecule has 4 rings (SSSR count). The molecule has 29 heavy (non-hydrogen) atoms. The van der Waals surface area contributed by atoms with Crippen molar-refractivity contribution < 1.29 is 4.79 Å². The number of rotatable bonds is 5. The highest BCUT2D eigenvalue weighted by atomic mass is 32.2. The molecule has 0 saturated carbocycles. The monoisotopic (exact) mass is 409 g/mol. The first-order valence-electron chi connectivity index (χ1n) is 9.90. The Morgan fingerprint density at radius 2 is 1.86 bits per heavy atom. The van der Waals surface area contributed by atoms with Gasteiger partial charge in [-0.05, 0) is 43.7 Å². The number of aromatic nitrogens is 3. The highest BCUT2D eigenvalue weighted by molar-refractivity contribution is 7.99. The number of aryl methyl sites for hydroxylation is 3. The molecule has 6 nitrogen and oxygen atoms in total. The summed E-state index contributed by atoms with van der Waals surface area (Å²) in [6, 6.07) is 12.2. The number of amides is 1. The fourth-order valence-electron chi connectivity index (χ4n) is 3.82. The Kier molecular flexibility index (Phi) is 5.78. The molecule has 1 aromatic carbocycles. The van der Waals surface area contributed by atoms with E-state index in [1.54, 1.807) is 10.9 Å². The van der Waals surface area contributed by atoms with Gasteiger partial charge in [0.15, 0.2) is 0 Å². The largest absolute Gasteiger partial charge is 0.322 e. The van der Waals surface area contributed by atoms with E-state index in [-0.39, 0.29) is 5.91 Å². The van der Waals surface area contributed by atoms with Crippen LogP contribution in [-0.4, -0.2) is 49.7 Å². The van der Waals surface area contributed by atoms with Gasteiger partial charge in [0.25, 0.3) is 5.91 Å². The average molecular weight is 410 g/mol. The van der Waals surface area contributed by atoms with Gasteiger partial charge >= 0.3 is 0 Å². The Morgan fingerprint density at radius 1 is 1.14 bits per heavy atom. The lowest BCUT2D eigenvalue weighted by Crippen LogP contribution is -2.31. The van der Waals surface area contributed by atoms with Crippen molar-refractivity contribution in [3.63, 3.8) is 0 Å². The summed E-state index contributed by atoms with van der Waals surface area (Å²) in [6.07, 6.45) is 1.64. The van der Waals surface area contributed by atoms with Crippen molar-refractivity contribution in [3.8, 4) is 5.82 Å². The van der Waals surface area contributed by atoms with Crippen LogP contribution in [0.1, 0.15) is 27.3 Å². The molecule has 0 bridgehead atoms. The predicted molar refractivity (Wildman–Crippen MR) is 119 cm³/mol. The van der Waals surface area contributed by atoms with Crippen LogP contribution in [0.15, 0.2) is 42.6 Å². The first-order valence-corrected chi connectivity index (χ1v) is 11.1. The Hall–Kier alpha value is -2.51. The lowest BCUT2D eigenvalue weighted by Gasteiger charge is -2.26. The van der Waals surface area contributed by atoms with E-state index in [4.69, 9.17) is 0 Å². The molecule has 7 heteroatoms. The number of carbonyl (C=O) groups excluding carboxylic acids is 1. The average Bonchev–Trinajstić information content (AvgIpc) is 3.24. The molecule has 3 aromatic rings. The summed E-state index contributed by atoms with van der Waals surface area (Å²) < 4.78 is 3.81. The lowest BCUT2D eigenvalue weighted by molar-refractivity contribution is 0.102. The number of anilines is 1. The summed E-state index contributed by atoms with van der Waals surface area (Å²) in [4.78, 5) is 15.5. The van der Waals surface area contributed by atoms with Crippen LogP contribution in [0.5, 0.6) is 0 Å². The molecule has 1 N–H and O–H groups in total. The van der Waals surface area contributed by atoms with E-state index in [1.165, 1.54) is 17.1 Å². The van der Waals surface area contributed by atoms with Gasteiger partial charge in [-0.25, -0.2) is 0 Å². The summed E-state index contributed by atoms with van der Waals surface area (Å²) in [5.74, 6) is 3.02. The molecule has 0 unspecified atom stereocenters. The van der Waals surface area contributed by atoms with E-state index in [1.807, 2.05) is 56.9 Å². The second-order valence-electron chi connectivity index (χ2n) is 7.50. The third-order valence-corrected chi connectivity index (χ3v) is 6.27. The normalized spacial score (nSPS) is 14.9. The van der Waals surface area contributed by atoms with Gasteiger partial charge in [0.2, 0.25) is 0 Å². The highest BCUT2D eigenvalue weighted by Crippen LogP contribution is 2.22. The predicted octanol–water partition coefficient (Wildman–Crippen LogP) is 3.63. The van der Waals surface area contributed by atoms with Crippen molar-refractivity contribution in [3.05, 3.63) is 65.1 Å². The number of carbonyl (C=O) groups is 1. The SMILES string of the molecule is Cc1ccc(C)n1-c1c(C(=O)Nc2cccc(CN3CCSCC3)c2)cnn1C. The molecule has 3 heterocycles. The van der Waals surface area contributed by atoms with Crippen LogP contribution in [-0.2, 0) is 13.6 Å². The van der Waals surface area contributed by atoms with E-state index < -0.39 is 0 Å². The Morgan fingerprint density at radius 3 is 2.59 bits per heavy atom. The molecule has 1 fully saturated rings. The zero-order chi connectivity index (χ0) is 20.4. The van der Waals surface area contributed by atoms with Gasteiger partial charge in [-0.3, -0.25) is 14.4 Å². The van der Waals surface area contributed by atoms with Gasteiger partial charge in [-0.2, -0.15) is 16.9 Å². The smallest absolute Gasteiger partial charge is 0.261 e. The fraction of sp³-hybridized carbons (Fsp3) is 0.364. The maximum Gasteiger partial charge on any atom is 0.261 e. The first-order chi connectivity index (χ1) is 14.0. The van der Waals surface area contributed by atoms with Crippen molar-refractivity contribution in [1.82, 2.24) is 19.2 Å². The summed E-state index contributed by atoms with van der Waals surface area (Å²) in [7, 11) is 1.86. The maximum atomic E-state index is 13.1. The highest BCUT2D eigenvalue weighted by Gasteiger charge is 2.20. The molecule has 0 radical (unpaired) electrons.